The largest absolute Gasteiger partial charge is 0.300 e. The zero-order valence-electron chi connectivity index (χ0n) is 8.86. The van der Waals surface area contributed by atoms with E-state index in [2.05, 4.69) is 32.6 Å². The monoisotopic (exact) mass is 175 g/mol. The van der Waals surface area contributed by atoms with Gasteiger partial charge in [0, 0.05) is 13.1 Å². The molecule has 0 fully saturated rings. The fourth-order valence-corrected chi connectivity index (χ4v) is 1.38. The molecule has 0 saturated carbocycles. The lowest BCUT2D eigenvalue weighted by Gasteiger charge is -2.28. The average molecular weight is 175 g/mol. The molecule has 0 bridgehead atoms. The Morgan fingerprint density at radius 1 is 1.17 bits per heavy atom. The minimum absolute atomic E-state index is 0.226. The first-order chi connectivity index (χ1) is 5.49. The van der Waals surface area contributed by atoms with Crippen LogP contribution in [0.25, 0.3) is 0 Å². The molecule has 0 radical (unpaired) electrons. The number of rotatable bonds is 5. The molecule has 0 spiro atoms. The van der Waals surface area contributed by atoms with E-state index in [1.807, 2.05) is 0 Å². The van der Waals surface area contributed by atoms with Crippen molar-refractivity contribution in [3.8, 4) is 0 Å². The van der Waals surface area contributed by atoms with Gasteiger partial charge in [0.2, 0.25) is 0 Å². The minimum atomic E-state index is -0.226. The van der Waals surface area contributed by atoms with Gasteiger partial charge in [-0.2, -0.15) is 0 Å². The van der Waals surface area contributed by atoms with Crippen LogP contribution in [-0.2, 0) is 0 Å². The Balaban J connectivity index is 3.77. The summed E-state index contributed by atoms with van der Waals surface area (Å²) in [6, 6.07) is 0. The Hall–Kier alpha value is -0.110. The zero-order valence-corrected chi connectivity index (χ0v) is 8.86. The van der Waals surface area contributed by atoms with Gasteiger partial charge in [-0.25, -0.2) is 4.39 Å². The van der Waals surface area contributed by atoms with Gasteiger partial charge in [-0.15, -0.1) is 0 Å². The van der Waals surface area contributed by atoms with Crippen LogP contribution >= 0.6 is 0 Å². The van der Waals surface area contributed by atoms with E-state index in [1.54, 1.807) is 0 Å². The minimum Gasteiger partial charge on any atom is -0.300 e. The van der Waals surface area contributed by atoms with Crippen molar-refractivity contribution in [2.75, 3.05) is 26.3 Å². The number of hydrogen-bond donors (Lipinski definition) is 0. The molecule has 2 heteroatoms. The van der Waals surface area contributed by atoms with E-state index in [4.69, 9.17) is 0 Å². The van der Waals surface area contributed by atoms with E-state index in [0.29, 0.717) is 6.54 Å². The van der Waals surface area contributed by atoms with Gasteiger partial charge in [0.05, 0.1) is 0 Å². The van der Waals surface area contributed by atoms with Crippen LogP contribution in [0, 0.1) is 5.41 Å². The second-order valence-electron chi connectivity index (χ2n) is 4.53. The second kappa shape index (κ2) is 5.52. The summed E-state index contributed by atoms with van der Waals surface area (Å²) < 4.78 is 12.1. The van der Waals surface area contributed by atoms with Crippen molar-refractivity contribution in [3.63, 3.8) is 0 Å². The van der Waals surface area contributed by atoms with Crippen LogP contribution in [0.15, 0.2) is 0 Å². The Bertz CT molecular complexity index is 101. The van der Waals surface area contributed by atoms with Crippen LogP contribution in [0.4, 0.5) is 4.39 Å². The molecule has 0 aromatic carbocycles. The zero-order chi connectivity index (χ0) is 9.61. The molecule has 0 aliphatic carbocycles. The molecule has 0 heterocycles. The fraction of sp³-hybridized carbons (Fsp3) is 1.00. The molecule has 0 amide bonds. The normalized spacial score (nSPS) is 12.5. The molecule has 12 heavy (non-hydrogen) atoms. The van der Waals surface area contributed by atoms with Gasteiger partial charge in [0.15, 0.2) is 0 Å². The van der Waals surface area contributed by atoms with E-state index in [9.17, 15) is 4.39 Å². The van der Waals surface area contributed by atoms with Crippen molar-refractivity contribution < 1.29 is 4.39 Å². The molecule has 0 N–H and O–H groups in total. The van der Waals surface area contributed by atoms with E-state index in [0.717, 1.165) is 19.5 Å². The van der Waals surface area contributed by atoms with E-state index in [1.165, 1.54) is 0 Å². The third-order valence-electron chi connectivity index (χ3n) is 1.64. The van der Waals surface area contributed by atoms with Gasteiger partial charge in [0.1, 0.15) is 6.67 Å². The quantitative estimate of drug-likeness (QED) is 0.621. The van der Waals surface area contributed by atoms with Crippen LogP contribution in [-0.4, -0.2) is 31.2 Å². The van der Waals surface area contributed by atoms with Gasteiger partial charge in [-0.1, -0.05) is 27.7 Å². The van der Waals surface area contributed by atoms with Gasteiger partial charge in [0.25, 0.3) is 0 Å². The third kappa shape index (κ3) is 6.59. The first kappa shape index (κ1) is 11.9. The number of halogens is 1. The molecule has 0 saturated heterocycles. The lowest BCUT2D eigenvalue weighted by Crippen LogP contribution is -2.34. The van der Waals surface area contributed by atoms with Crippen LogP contribution in [0.1, 0.15) is 34.1 Å². The summed E-state index contributed by atoms with van der Waals surface area (Å²) in [6.45, 7) is 11.1. The van der Waals surface area contributed by atoms with Crippen molar-refractivity contribution in [2.45, 2.75) is 34.1 Å². The Morgan fingerprint density at radius 3 is 2.08 bits per heavy atom. The number of alkyl halides is 1. The number of hydrogen-bond acceptors (Lipinski definition) is 1. The van der Waals surface area contributed by atoms with E-state index < -0.39 is 0 Å². The average Bonchev–Trinajstić information content (AvgIpc) is 1.84. The highest BCUT2D eigenvalue weighted by Gasteiger charge is 2.15. The predicted octanol–water partition coefficient (Wildman–Crippen LogP) is 2.71. The van der Waals surface area contributed by atoms with E-state index in [-0.39, 0.29) is 12.1 Å². The van der Waals surface area contributed by atoms with E-state index >= 15 is 0 Å². The first-order valence-corrected chi connectivity index (χ1v) is 4.78. The molecule has 0 aromatic rings. The highest BCUT2D eigenvalue weighted by molar-refractivity contribution is 4.68. The van der Waals surface area contributed by atoms with Crippen molar-refractivity contribution in [1.29, 1.82) is 0 Å². The summed E-state index contributed by atoms with van der Waals surface area (Å²) >= 11 is 0. The SMILES string of the molecule is CCCN(CCF)CC(C)(C)C. The Kier molecular flexibility index (Phi) is 5.47. The standard InChI is InChI=1S/C10H22FN/c1-5-7-12(8-6-11)9-10(2,3)4/h5-9H2,1-4H3. The van der Waals surface area contributed by atoms with Crippen molar-refractivity contribution in [3.05, 3.63) is 0 Å². The molecule has 0 aliphatic rings. The first-order valence-electron chi connectivity index (χ1n) is 4.78. The molecule has 0 atom stereocenters. The molecular weight excluding hydrogens is 153 g/mol. The maximum absolute atomic E-state index is 12.1. The van der Waals surface area contributed by atoms with Gasteiger partial charge >= 0.3 is 0 Å². The van der Waals surface area contributed by atoms with Crippen LogP contribution in [0.3, 0.4) is 0 Å². The van der Waals surface area contributed by atoms with Crippen LogP contribution < -0.4 is 0 Å². The number of nitrogens with zero attached hydrogens (tertiary/aromatic N) is 1. The summed E-state index contributed by atoms with van der Waals surface area (Å²) in [6.07, 6.45) is 1.11. The van der Waals surface area contributed by atoms with Crippen LogP contribution in [0.5, 0.6) is 0 Å². The summed E-state index contributed by atoms with van der Waals surface area (Å²) in [7, 11) is 0. The van der Waals surface area contributed by atoms with Crippen molar-refractivity contribution >= 4 is 0 Å². The second-order valence-corrected chi connectivity index (χ2v) is 4.53. The molecular formula is C10H22FN. The fourth-order valence-electron chi connectivity index (χ4n) is 1.38. The maximum atomic E-state index is 12.1. The van der Waals surface area contributed by atoms with Crippen molar-refractivity contribution in [1.82, 2.24) is 4.90 Å². The Morgan fingerprint density at radius 2 is 1.75 bits per heavy atom. The predicted molar refractivity (Wildman–Crippen MR) is 52.2 cm³/mol. The maximum Gasteiger partial charge on any atom is 0.102 e. The van der Waals surface area contributed by atoms with Gasteiger partial charge in [-0.05, 0) is 18.4 Å². The summed E-state index contributed by atoms with van der Waals surface area (Å²) in [5.41, 5.74) is 0.282. The molecule has 1 nitrogen and oxygen atoms in total. The summed E-state index contributed by atoms with van der Waals surface area (Å²) in [4.78, 5) is 2.19. The highest BCUT2D eigenvalue weighted by atomic mass is 19.1. The molecule has 74 valence electrons. The Labute approximate surface area is 75.9 Å². The topological polar surface area (TPSA) is 3.24 Å². The highest BCUT2D eigenvalue weighted by Crippen LogP contribution is 2.14. The lowest BCUT2D eigenvalue weighted by atomic mass is 9.96. The molecule has 0 unspecified atom stereocenters. The lowest BCUT2D eigenvalue weighted by molar-refractivity contribution is 0.179. The molecule has 0 aromatic heterocycles. The molecule has 0 rings (SSSR count). The van der Waals surface area contributed by atoms with Gasteiger partial charge < -0.3 is 4.90 Å². The summed E-state index contributed by atoms with van der Waals surface area (Å²) in [5.74, 6) is 0. The van der Waals surface area contributed by atoms with Crippen molar-refractivity contribution in [2.24, 2.45) is 5.41 Å². The third-order valence-corrected chi connectivity index (χ3v) is 1.64. The van der Waals surface area contributed by atoms with Gasteiger partial charge in [-0.3, -0.25) is 0 Å². The smallest absolute Gasteiger partial charge is 0.102 e. The summed E-state index contributed by atoms with van der Waals surface area (Å²) in [5, 5.41) is 0. The molecule has 0 aliphatic heterocycles. The van der Waals surface area contributed by atoms with Crippen LogP contribution in [0.2, 0.25) is 0 Å².